The summed E-state index contributed by atoms with van der Waals surface area (Å²) in [4.78, 5) is 165. The lowest BCUT2D eigenvalue weighted by Gasteiger charge is -2.31. The molecule has 0 bridgehead atoms. The predicted octanol–water partition coefficient (Wildman–Crippen LogP) is -1.27. The van der Waals surface area contributed by atoms with Crippen LogP contribution >= 0.6 is 22.6 Å². The van der Waals surface area contributed by atoms with Gasteiger partial charge in [-0.25, -0.2) is 0 Å². The number of nitrogens with two attached hydrogens (primary N) is 7. The van der Waals surface area contributed by atoms with E-state index in [0.29, 0.717) is 37.3 Å². The van der Waals surface area contributed by atoms with Gasteiger partial charge in [0.1, 0.15) is 59.8 Å². The number of primary amides is 3. The minimum absolute atomic E-state index is 0.00620. The molecular weight excluding hydrogens is 1370 g/mol. The molecule has 1 aliphatic heterocycles. The summed E-state index contributed by atoms with van der Waals surface area (Å²) in [7, 11) is 1.48. The van der Waals surface area contributed by atoms with Gasteiger partial charge >= 0.3 is 0 Å². The van der Waals surface area contributed by atoms with Gasteiger partial charge in [0.25, 0.3) is 0 Å². The fraction of sp³-hybridized carbons (Fsp3) is 0.413. The lowest BCUT2D eigenvalue weighted by molar-refractivity contribution is -0.143. The molecule has 520 valence electrons. The average Bonchev–Trinajstić information content (AvgIpc) is 1.70. The molecule has 33 nitrogen and oxygen atoms in total. The molecule has 11 amide bonds. The fourth-order valence-corrected chi connectivity index (χ4v) is 11.0. The van der Waals surface area contributed by atoms with Crippen molar-refractivity contribution in [3.63, 3.8) is 0 Å². The van der Waals surface area contributed by atoms with Crippen LogP contribution in [-0.2, 0) is 78.4 Å². The van der Waals surface area contributed by atoms with Crippen molar-refractivity contribution in [3.05, 3.63) is 133 Å². The number of ether oxygens (including phenoxy) is 1. The maximum atomic E-state index is 14.8. The maximum Gasteiger partial charge on any atom is 0.245 e. The highest BCUT2D eigenvalue weighted by molar-refractivity contribution is 14.1. The summed E-state index contributed by atoms with van der Waals surface area (Å²) in [6.07, 6.45) is -1.87. The maximum absolute atomic E-state index is 14.8. The molecule has 8 atom stereocenters. The summed E-state index contributed by atoms with van der Waals surface area (Å²) in [5.74, 6) is -9.98. The van der Waals surface area contributed by atoms with Gasteiger partial charge in [0.15, 0.2) is 11.9 Å². The molecule has 0 spiro atoms. The van der Waals surface area contributed by atoms with Crippen LogP contribution in [0.25, 0.3) is 10.4 Å². The molecule has 34 heteroatoms. The third-order valence-electron chi connectivity index (χ3n) is 15.3. The molecule has 4 aromatic carbocycles. The number of halogens is 1. The third-order valence-corrected chi connectivity index (χ3v) is 16.2. The quantitative estimate of drug-likeness (QED) is 0.00471. The molecule has 1 saturated heterocycles. The van der Waals surface area contributed by atoms with Crippen LogP contribution < -0.4 is 82.1 Å². The number of carbonyl (C=O) groups excluding carboxylic acids is 11. The smallest absolute Gasteiger partial charge is 0.245 e. The van der Waals surface area contributed by atoms with Crippen molar-refractivity contribution in [2.24, 2.45) is 55.2 Å². The van der Waals surface area contributed by atoms with E-state index < -0.39 is 133 Å². The first kappa shape index (κ1) is 76.9. The lowest BCUT2D eigenvalue weighted by atomic mass is 10.0. The zero-order valence-corrected chi connectivity index (χ0v) is 55.5. The van der Waals surface area contributed by atoms with E-state index in [4.69, 9.17) is 50.4 Å². The highest BCUT2D eigenvalue weighted by Crippen LogP contribution is 2.24. The number of benzene rings is 4. The summed E-state index contributed by atoms with van der Waals surface area (Å²) in [5.41, 5.74) is 50.7. The number of phenols is 1. The van der Waals surface area contributed by atoms with Gasteiger partial charge in [0, 0.05) is 62.3 Å². The number of azide groups is 1. The molecule has 0 unspecified atom stereocenters. The van der Waals surface area contributed by atoms with Crippen LogP contribution in [0.15, 0.2) is 112 Å². The van der Waals surface area contributed by atoms with E-state index in [2.05, 4.69) is 57.2 Å². The van der Waals surface area contributed by atoms with Crippen molar-refractivity contribution in [1.29, 1.82) is 0 Å². The first-order valence-corrected chi connectivity index (χ1v) is 32.0. The topological polar surface area (TPSA) is 560 Å². The second-order valence-corrected chi connectivity index (χ2v) is 23.9. The van der Waals surface area contributed by atoms with E-state index in [0.717, 1.165) is 0 Å². The number of hydrogen-bond donors (Lipinski definition) is 15. The Morgan fingerprint density at radius 2 is 1.11 bits per heavy atom. The standard InChI is InChI=1S/C63H83IN20O13/c1-97-40-20-16-37(17-21-40)32-46(75-53(88)25-19-36-11-5-12-39(29-36)82-83-72)57(92)80-47(31-35-9-3-2-4-10-35)58(93)76-43(22-24-51(65)86)56(91)81-48(34-52(66)87)59(94)78-44(14-7-27-74-63(70)71)61(96)84-28-8-15-49(84)60(95)77-42(13-6-26-73-62(68)69)55(90)79-45(54(67)89)33-38-18-23-50(85)41(64)30-38/h2-5,9-12,16-18,20-21,23,29-30,42-49,85H,6-8,13-15,19,22,24-28,31-34H2,1H3,(H2,65,86)(H2,66,87)(H2,67,89)(H,75,88)(H,76,93)(H,77,95)(H,78,94)(H,79,90)(H,80,92)(H,81,91)(H4,68,69,73)(H4,70,71,74)/t42-,43-,44-,45-,46+,47-,48-,49-/m0/s1. The number of likely N-dealkylation sites (tertiary alicyclic amines) is 1. The number of phenolic OH excluding ortho intramolecular Hbond substituents is 1. The minimum atomic E-state index is -1.87. The van der Waals surface area contributed by atoms with Crippen molar-refractivity contribution < 1.29 is 62.6 Å². The van der Waals surface area contributed by atoms with Crippen LogP contribution in [0.5, 0.6) is 11.5 Å². The van der Waals surface area contributed by atoms with Gasteiger partial charge in [-0.05, 0) is 132 Å². The summed E-state index contributed by atoms with van der Waals surface area (Å²) in [6, 6.07) is 14.5. The van der Waals surface area contributed by atoms with Gasteiger partial charge in [0.2, 0.25) is 65.0 Å². The Hall–Kier alpha value is -10.8. The summed E-state index contributed by atoms with van der Waals surface area (Å²) >= 11 is 1.90. The average molecular weight is 1460 g/mol. The van der Waals surface area contributed by atoms with Gasteiger partial charge in [0.05, 0.1) is 17.1 Å². The van der Waals surface area contributed by atoms with Crippen molar-refractivity contribution in [3.8, 4) is 11.5 Å². The van der Waals surface area contributed by atoms with Crippen molar-refractivity contribution in [2.45, 2.75) is 138 Å². The Balaban J connectivity index is 1.39. The zero-order valence-electron chi connectivity index (χ0n) is 53.3. The van der Waals surface area contributed by atoms with Crippen molar-refractivity contribution in [1.82, 2.24) is 42.1 Å². The molecule has 4 aromatic rings. The van der Waals surface area contributed by atoms with E-state index >= 15 is 0 Å². The highest BCUT2D eigenvalue weighted by Gasteiger charge is 2.41. The normalized spacial score (nSPS) is 14.5. The van der Waals surface area contributed by atoms with Crippen LogP contribution in [0, 0.1) is 3.57 Å². The monoisotopic (exact) mass is 1450 g/mol. The summed E-state index contributed by atoms with van der Waals surface area (Å²) in [5, 5.41) is 32.0. The molecule has 0 aromatic heterocycles. The van der Waals surface area contributed by atoms with Crippen LogP contribution in [0.1, 0.15) is 86.5 Å². The predicted molar refractivity (Wildman–Crippen MR) is 364 cm³/mol. The fourth-order valence-electron chi connectivity index (χ4n) is 10.4. The van der Waals surface area contributed by atoms with Crippen molar-refractivity contribution in [2.75, 3.05) is 26.7 Å². The number of carbonyl (C=O) groups is 11. The van der Waals surface area contributed by atoms with E-state index in [1.54, 1.807) is 91.0 Å². The largest absolute Gasteiger partial charge is 0.507 e. The Bertz CT molecular complexity index is 3550. The Morgan fingerprint density at radius 3 is 1.70 bits per heavy atom. The molecule has 0 aliphatic carbocycles. The number of nitrogens with one attached hydrogen (secondary N) is 7. The molecule has 5 rings (SSSR count). The molecule has 0 radical (unpaired) electrons. The Morgan fingerprint density at radius 1 is 0.588 bits per heavy atom. The minimum Gasteiger partial charge on any atom is -0.507 e. The molecule has 1 fully saturated rings. The van der Waals surface area contributed by atoms with E-state index in [-0.39, 0.29) is 108 Å². The lowest BCUT2D eigenvalue weighted by Crippen LogP contribution is -2.60. The van der Waals surface area contributed by atoms with Crippen LogP contribution in [0.3, 0.4) is 0 Å². The van der Waals surface area contributed by atoms with Crippen molar-refractivity contribution >= 4 is 105 Å². The first-order chi connectivity index (χ1) is 46.2. The number of guanidine groups is 2. The molecule has 97 heavy (non-hydrogen) atoms. The molecule has 1 heterocycles. The van der Waals surface area contributed by atoms with Crippen LogP contribution in [0.2, 0.25) is 0 Å². The van der Waals surface area contributed by atoms with E-state index in [1.807, 2.05) is 22.6 Å². The van der Waals surface area contributed by atoms with E-state index in [9.17, 15) is 57.8 Å². The molecule has 22 N–H and O–H groups in total. The van der Waals surface area contributed by atoms with Gasteiger partial charge in [-0.3, -0.25) is 62.7 Å². The van der Waals surface area contributed by atoms with E-state index in [1.165, 1.54) is 18.1 Å². The second kappa shape index (κ2) is 39.2. The molecular formula is C63H83IN20O13. The molecule has 1 aliphatic rings. The van der Waals surface area contributed by atoms with Gasteiger partial charge < -0.3 is 92.1 Å². The van der Waals surface area contributed by atoms with Gasteiger partial charge in [-0.15, -0.1) is 0 Å². The highest BCUT2D eigenvalue weighted by atomic mass is 127. The molecule has 0 saturated carbocycles. The number of rotatable bonds is 39. The first-order valence-electron chi connectivity index (χ1n) is 30.9. The number of amides is 11. The number of nitrogens with zero attached hydrogens (tertiary/aromatic N) is 6. The second-order valence-electron chi connectivity index (χ2n) is 22.7. The number of methoxy groups -OCH3 is 1. The van der Waals surface area contributed by atoms with Crippen LogP contribution in [0.4, 0.5) is 5.69 Å². The summed E-state index contributed by atoms with van der Waals surface area (Å²) in [6.45, 7) is -0.0420. The number of aryl methyl sites for hydroxylation is 1. The van der Waals surface area contributed by atoms with Gasteiger partial charge in [-0.1, -0.05) is 71.8 Å². The Labute approximate surface area is 572 Å². The third kappa shape index (κ3) is 26.5. The SMILES string of the molecule is COc1ccc(C[C@@H](NC(=O)CCc2cccc(N=[N+]=[N-])c2)C(=O)N[C@@H](Cc2ccccc2)C(=O)N[C@@H](CCC(N)=O)C(=O)N[C@@H](CC(N)=O)C(=O)N[C@@H](CCCN=C(N)N)C(=O)N2CCC[C@H]2C(=O)N[C@@H](CCCN=C(N)N)C(=O)N[C@@H](Cc2ccc(O)c(I)c2)C(N)=O)cc1. The number of aromatic hydroxyl groups is 1. The Kier molecular flexibility index (Phi) is 31.1. The number of hydrogen-bond acceptors (Lipinski definition) is 16. The zero-order chi connectivity index (χ0) is 71.1. The van der Waals surface area contributed by atoms with Gasteiger partial charge in [-0.2, -0.15) is 0 Å². The number of aliphatic imine (C=N–C) groups is 2. The summed E-state index contributed by atoms with van der Waals surface area (Å²) < 4.78 is 5.77. The van der Waals surface area contributed by atoms with Crippen LogP contribution in [-0.4, -0.2) is 162 Å².